The molecule has 9 heteroatoms. The molecule has 112 valence electrons. The van der Waals surface area contributed by atoms with Crippen molar-refractivity contribution in [3.8, 4) is 0 Å². The average molecular weight is 292 g/mol. The smallest absolute Gasteiger partial charge is 0.293 e. The lowest BCUT2D eigenvalue weighted by Crippen LogP contribution is -2.36. The Balaban J connectivity index is 1.73. The lowest BCUT2D eigenvalue weighted by Gasteiger charge is -2.15. The van der Waals surface area contributed by atoms with Crippen molar-refractivity contribution in [2.45, 2.75) is 6.10 Å². The Kier molecular flexibility index (Phi) is 3.11. The van der Waals surface area contributed by atoms with Gasteiger partial charge in [0, 0.05) is 27.7 Å². The number of nitrogens with zero attached hydrogens (tertiary/aromatic N) is 6. The van der Waals surface area contributed by atoms with Crippen molar-refractivity contribution in [1.82, 2.24) is 24.6 Å². The number of aromatic nitrogens is 3. The maximum atomic E-state index is 12.3. The molecule has 9 nitrogen and oxygen atoms in total. The fourth-order valence-electron chi connectivity index (χ4n) is 2.51. The number of hydrogen-bond donors (Lipinski definition) is 0. The fourth-order valence-corrected chi connectivity index (χ4v) is 2.51. The van der Waals surface area contributed by atoms with Crippen molar-refractivity contribution >= 4 is 17.5 Å². The first-order valence-electron chi connectivity index (χ1n) is 6.57. The van der Waals surface area contributed by atoms with E-state index in [2.05, 4.69) is 15.2 Å². The van der Waals surface area contributed by atoms with Crippen molar-refractivity contribution in [1.29, 1.82) is 0 Å². The highest BCUT2D eigenvalue weighted by molar-refractivity contribution is 6.40. The zero-order chi connectivity index (χ0) is 15.1. The number of aryl methyl sites for hydroxylation is 1. The molecule has 0 N–H and O–H groups in total. The van der Waals surface area contributed by atoms with Gasteiger partial charge < -0.3 is 14.6 Å². The van der Waals surface area contributed by atoms with Gasteiger partial charge in [0.25, 0.3) is 11.8 Å². The van der Waals surface area contributed by atoms with Crippen LogP contribution < -0.4 is 0 Å². The largest absolute Gasteiger partial charge is 0.389 e. The minimum atomic E-state index is -0.267. The normalized spacial score (nSPS) is 23.6. The molecule has 1 aromatic rings. The summed E-state index contributed by atoms with van der Waals surface area (Å²) in [5.41, 5.74) is 0.370. The highest BCUT2D eigenvalue weighted by Crippen LogP contribution is 2.28. The number of amides is 2. The predicted molar refractivity (Wildman–Crippen MR) is 71.4 cm³/mol. The summed E-state index contributed by atoms with van der Waals surface area (Å²) in [4.78, 5) is 36.6. The minimum absolute atomic E-state index is 0.148. The predicted octanol–water partition coefficient (Wildman–Crippen LogP) is -1.27. The van der Waals surface area contributed by atoms with Gasteiger partial charge in [0.1, 0.15) is 6.33 Å². The van der Waals surface area contributed by atoms with E-state index < -0.39 is 0 Å². The Morgan fingerprint density at radius 1 is 1.38 bits per heavy atom. The fraction of sp³-hybridized carbons (Fsp3) is 0.583. The number of carbonyl (C=O) groups is 2. The molecule has 0 aromatic carbocycles. The van der Waals surface area contributed by atoms with E-state index in [9.17, 15) is 9.59 Å². The van der Waals surface area contributed by atoms with Crippen molar-refractivity contribution in [2.75, 3.05) is 27.2 Å². The lowest BCUT2D eigenvalue weighted by atomic mass is 10.00. The average Bonchev–Trinajstić information content (AvgIpc) is 3.11. The molecule has 21 heavy (non-hydrogen) atoms. The van der Waals surface area contributed by atoms with Crippen molar-refractivity contribution in [3.63, 3.8) is 0 Å². The van der Waals surface area contributed by atoms with E-state index in [1.807, 2.05) is 0 Å². The summed E-state index contributed by atoms with van der Waals surface area (Å²) in [5.74, 6) is -0.486. The molecular weight excluding hydrogens is 276 g/mol. The van der Waals surface area contributed by atoms with Crippen LogP contribution in [-0.4, -0.2) is 75.4 Å². The molecule has 0 saturated carbocycles. The van der Waals surface area contributed by atoms with E-state index >= 15 is 0 Å². The van der Waals surface area contributed by atoms with Gasteiger partial charge in [-0.15, -0.1) is 5.10 Å². The van der Waals surface area contributed by atoms with Gasteiger partial charge in [0.2, 0.25) is 5.82 Å². The van der Waals surface area contributed by atoms with Crippen molar-refractivity contribution < 1.29 is 14.4 Å². The number of carbonyl (C=O) groups excluding carboxylic acids is 2. The Morgan fingerprint density at radius 3 is 2.76 bits per heavy atom. The number of fused-ring (bicyclic) bond motifs is 1. The molecule has 1 aromatic heterocycles. The van der Waals surface area contributed by atoms with Gasteiger partial charge in [0.15, 0.2) is 11.8 Å². The maximum Gasteiger partial charge on any atom is 0.293 e. The van der Waals surface area contributed by atoms with Gasteiger partial charge in [0.05, 0.1) is 12.5 Å². The minimum Gasteiger partial charge on any atom is -0.389 e. The number of rotatable bonds is 2. The molecule has 2 aliphatic heterocycles. The van der Waals surface area contributed by atoms with E-state index in [1.54, 1.807) is 26.0 Å². The molecule has 1 fully saturated rings. The summed E-state index contributed by atoms with van der Waals surface area (Å²) in [6.45, 7) is 0.773. The topological polar surface area (TPSA) is 92.9 Å². The highest BCUT2D eigenvalue weighted by Gasteiger charge is 2.47. The SMILES string of the molecule is CN(C)C(=O)C1=NO[C@@H]2CN(C(=O)c3ncn(C)n3)C[C@H]12. The van der Waals surface area contributed by atoms with E-state index in [0.29, 0.717) is 18.8 Å². The molecule has 1 saturated heterocycles. The van der Waals surface area contributed by atoms with Crippen LogP contribution in [0.15, 0.2) is 11.5 Å². The van der Waals surface area contributed by atoms with Gasteiger partial charge in [-0.1, -0.05) is 5.16 Å². The first-order chi connectivity index (χ1) is 9.97. The molecule has 0 bridgehead atoms. The van der Waals surface area contributed by atoms with Crippen LogP contribution in [-0.2, 0) is 16.7 Å². The summed E-state index contributed by atoms with van der Waals surface area (Å²) in [6, 6.07) is 0. The lowest BCUT2D eigenvalue weighted by molar-refractivity contribution is -0.122. The maximum absolute atomic E-state index is 12.3. The molecule has 2 atom stereocenters. The van der Waals surface area contributed by atoms with Gasteiger partial charge in [-0.25, -0.2) is 4.98 Å². The molecular formula is C12H16N6O3. The van der Waals surface area contributed by atoms with Gasteiger partial charge in [-0.2, -0.15) is 0 Å². The molecule has 2 aliphatic rings. The Morgan fingerprint density at radius 2 is 2.14 bits per heavy atom. The van der Waals surface area contributed by atoms with E-state index in [4.69, 9.17) is 4.84 Å². The monoisotopic (exact) mass is 292 g/mol. The molecule has 2 amide bonds. The Labute approximate surface area is 121 Å². The van der Waals surface area contributed by atoms with Crippen LogP contribution in [0.3, 0.4) is 0 Å². The van der Waals surface area contributed by atoms with Crippen LogP contribution in [0, 0.1) is 5.92 Å². The van der Waals surface area contributed by atoms with Crippen LogP contribution in [0.4, 0.5) is 0 Å². The molecule has 0 unspecified atom stereocenters. The summed E-state index contributed by atoms with van der Waals surface area (Å²) in [6.07, 6.45) is 1.21. The Hall–Kier alpha value is -2.45. The zero-order valence-corrected chi connectivity index (χ0v) is 12.1. The van der Waals surface area contributed by atoms with Gasteiger partial charge in [-0.05, 0) is 0 Å². The zero-order valence-electron chi connectivity index (χ0n) is 12.1. The third-order valence-corrected chi connectivity index (χ3v) is 3.61. The number of likely N-dealkylation sites (tertiary alicyclic amines) is 1. The highest BCUT2D eigenvalue weighted by atomic mass is 16.6. The second kappa shape index (κ2) is 4.83. The first-order valence-corrected chi connectivity index (χ1v) is 6.57. The van der Waals surface area contributed by atoms with Crippen LogP contribution in [0.25, 0.3) is 0 Å². The third-order valence-electron chi connectivity index (χ3n) is 3.61. The second-order valence-corrected chi connectivity index (χ2v) is 5.38. The number of oxime groups is 1. The third kappa shape index (κ3) is 2.24. The molecule has 3 rings (SSSR count). The van der Waals surface area contributed by atoms with Crippen LogP contribution in [0.5, 0.6) is 0 Å². The number of hydrogen-bond acceptors (Lipinski definition) is 6. The van der Waals surface area contributed by atoms with Crippen molar-refractivity contribution in [2.24, 2.45) is 18.1 Å². The van der Waals surface area contributed by atoms with E-state index in [0.717, 1.165) is 0 Å². The van der Waals surface area contributed by atoms with E-state index in [1.165, 1.54) is 15.9 Å². The van der Waals surface area contributed by atoms with Crippen molar-refractivity contribution in [3.05, 3.63) is 12.2 Å². The standard InChI is InChI=1S/C12H16N6O3/c1-16(2)11(19)9-7-4-18(5-8(7)21-15-9)12(20)10-13-6-17(3)14-10/h6-8H,4-5H2,1-3H3/t7-,8+/m0/s1. The molecule has 0 radical (unpaired) electrons. The summed E-state index contributed by atoms with van der Waals surface area (Å²) in [5, 5.41) is 7.86. The van der Waals surface area contributed by atoms with Crippen LogP contribution in [0.2, 0.25) is 0 Å². The van der Waals surface area contributed by atoms with Crippen LogP contribution >= 0.6 is 0 Å². The quantitative estimate of drug-likeness (QED) is 0.677. The van der Waals surface area contributed by atoms with Crippen LogP contribution in [0.1, 0.15) is 10.6 Å². The first kappa shape index (κ1) is 13.5. The van der Waals surface area contributed by atoms with Gasteiger partial charge in [-0.3, -0.25) is 14.3 Å². The van der Waals surface area contributed by atoms with E-state index in [-0.39, 0.29) is 29.7 Å². The summed E-state index contributed by atoms with van der Waals surface area (Å²) < 4.78 is 1.48. The molecule has 0 spiro atoms. The summed E-state index contributed by atoms with van der Waals surface area (Å²) in [7, 11) is 5.02. The second-order valence-electron chi connectivity index (χ2n) is 5.38. The van der Waals surface area contributed by atoms with Gasteiger partial charge >= 0.3 is 0 Å². The molecule has 3 heterocycles. The summed E-state index contributed by atoms with van der Waals surface area (Å²) >= 11 is 0. The Bertz CT molecular complexity index is 622. The molecule has 0 aliphatic carbocycles.